The third-order valence-corrected chi connectivity index (χ3v) is 7.46. The molecule has 0 saturated carbocycles. The summed E-state index contributed by atoms with van der Waals surface area (Å²) in [5, 5.41) is 2.67. The molecule has 31 heavy (non-hydrogen) atoms. The maximum Gasteiger partial charge on any atom is 0.339 e. The average molecular weight is 445 g/mol. The van der Waals surface area contributed by atoms with Crippen molar-refractivity contribution in [1.29, 1.82) is 0 Å². The maximum absolute atomic E-state index is 13.0. The van der Waals surface area contributed by atoms with Gasteiger partial charge >= 0.3 is 5.97 Å². The van der Waals surface area contributed by atoms with E-state index in [1.54, 1.807) is 24.3 Å². The van der Waals surface area contributed by atoms with Gasteiger partial charge in [0.05, 0.1) is 23.3 Å². The highest BCUT2D eigenvalue weighted by atomic mass is 32.2. The fraction of sp³-hybridized carbons (Fsp3) is 0.364. The zero-order valence-electron chi connectivity index (χ0n) is 17.2. The minimum atomic E-state index is -3.68. The quantitative estimate of drug-likeness (QED) is 0.712. The smallest absolute Gasteiger partial charge is 0.339 e. The average Bonchev–Trinajstić information content (AvgIpc) is 2.79. The van der Waals surface area contributed by atoms with Crippen LogP contribution in [0.5, 0.6) is 5.75 Å². The Hall–Kier alpha value is -2.91. The number of cyclic esters (lactones) is 1. The van der Waals surface area contributed by atoms with Crippen LogP contribution in [-0.4, -0.2) is 50.9 Å². The van der Waals surface area contributed by atoms with Crippen LogP contribution in [-0.2, 0) is 26.0 Å². The van der Waals surface area contributed by atoms with Crippen molar-refractivity contribution >= 4 is 27.6 Å². The van der Waals surface area contributed by atoms with Gasteiger partial charge in [0.2, 0.25) is 10.0 Å². The van der Waals surface area contributed by atoms with Gasteiger partial charge in [-0.1, -0.05) is 24.6 Å². The molecule has 4 rings (SSSR count). The Kier molecular flexibility index (Phi) is 5.97. The van der Waals surface area contributed by atoms with E-state index >= 15 is 0 Å². The van der Waals surface area contributed by atoms with Crippen LogP contribution in [0, 0.1) is 0 Å². The Labute approximate surface area is 181 Å². The molecular formula is C22H24N2O6S. The topological polar surface area (TPSA) is 102 Å². The number of carbonyl (C=O) groups excluding carboxylic acids is 2. The molecular weight excluding hydrogens is 420 g/mol. The van der Waals surface area contributed by atoms with Gasteiger partial charge in [0.25, 0.3) is 5.91 Å². The number of nitrogens with one attached hydrogen (secondary N) is 1. The summed E-state index contributed by atoms with van der Waals surface area (Å²) in [5.74, 6) is -0.794. The summed E-state index contributed by atoms with van der Waals surface area (Å²) in [4.78, 5) is 25.2. The van der Waals surface area contributed by atoms with E-state index in [1.807, 2.05) is 0 Å². The summed E-state index contributed by atoms with van der Waals surface area (Å²) >= 11 is 0. The number of ether oxygens (including phenoxy) is 2. The SMILES string of the molecule is COc1ccc(S(=O)(=O)N2CCCCC2)cc1NC(=O)C1Cc2ccccc2C(=O)O1. The van der Waals surface area contributed by atoms with Crippen LogP contribution < -0.4 is 10.1 Å². The molecule has 1 atom stereocenters. The number of anilines is 1. The van der Waals surface area contributed by atoms with Gasteiger partial charge in [0, 0.05) is 19.5 Å². The molecule has 2 aliphatic heterocycles. The molecule has 1 amide bonds. The largest absolute Gasteiger partial charge is 0.495 e. The lowest BCUT2D eigenvalue weighted by Gasteiger charge is -2.26. The summed E-state index contributed by atoms with van der Waals surface area (Å²) in [6.45, 7) is 0.959. The molecule has 2 heterocycles. The highest BCUT2D eigenvalue weighted by Crippen LogP contribution is 2.31. The van der Waals surface area contributed by atoms with Crippen molar-refractivity contribution in [2.24, 2.45) is 0 Å². The second kappa shape index (κ2) is 8.68. The van der Waals surface area contributed by atoms with Crippen molar-refractivity contribution in [2.45, 2.75) is 36.7 Å². The van der Waals surface area contributed by atoms with Crippen molar-refractivity contribution < 1.29 is 27.5 Å². The van der Waals surface area contributed by atoms with Crippen LogP contribution in [0.1, 0.15) is 35.2 Å². The van der Waals surface area contributed by atoms with E-state index in [0.717, 1.165) is 24.8 Å². The highest BCUT2D eigenvalue weighted by molar-refractivity contribution is 7.89. The number of amides is 1. The summed E-state index contributed by atoms with van der Waals surface area (Å²) in [6, 6.07) is 11.3. The van der Waals surface area contributed by atoms with E-state index < -0.39 is 28.0 Å². The minimum Gasteiger partial charge on any atom is -0.495 e. The number of piperidine rings is 1. The molecule has 2 aromatic rings. The fourth-order valence-electron chi connectivity index (χ4n) is 3.89. The number of hydrogen-bond donors (Lipinski definition) is 1. The monoisotopic (exact) mass is 444 g/mol. The summed E-state index contributed by atoms with van der Waals surface area (Å²) in [6.07, 6.45) is 1.89. The number of nitrogens with zero attached hydrogens (tertiary/aromatic N) is 1. The molecule has 1 unspecified atom stereocenters. The van der Waals surface area contributed by atoms with Gasteiger partial charge < -0.3 is 14.8 Å². The zero-order chi connectivity index (χ0) is 22.0. The van der Waals surface area contributed by atoms with Crippen LogP contribution in [0.15, 0.2) is 47.4 Å². The van der Waals surface area contributed by atoms with E-state index in [0.29, 0.717) is 24.4 Å². The third-order valence-electron chi connectivity index (χ3n) is 5.57. The normalized spacial score (nSPS) is 19.3. The lowest BCUT2D eigenvalue weighted by Crippen LogP contribution is -2.38. The Balaban J connectivity index is 1.57. The molecule has 0 spiro atoms. The molecule has 1 fully saturated rings. The van der Waals surface area contributed by atoms with Crippen LogP contribution in [0.25, 0.3) is 0 Å². The minimum absolute atomic E-state index is 0.0801. The second-order valence-electron chi connectivity index (χ2n) is 7.57. The van der Waals surface area contributed by atoms with Gasteiger partial charge in [-0.3, -0.25) is 4.79 Å². The Bertz CT molecular complexity index is 1110. The van der Waals surface area contributed by atoms with Gasteiger partial charge in [-0.25, -0.2) is 13.2 Å². The van der Waals surface area contributed by atoms with E-state index in [4.69, 9.17) is 9.47 Å². The van der Waals surface area contributed by atoms with Crippen molar-refractivity contribution in [3.8, 4) is 5.75 Å². The molecule has 0 aromatic heterocycles. The Morgan fingerprint density at radius 3 is 2.61 bits per heavy atom. The van der Waals surface area contributed by atoms with Crippen molar-refractivity contribution in [3.63, 3.8) is 0 Å². The fourth-order valence-corrected chi connectivity index (χ4v) is 5.43. The predicted octanol–water partition coefficient (Wildman–Crippen LogP) is 2.59. The number of benzene rings is 2. The number of carbonyl (C=O) groups is 2. The molecule has 1 N–H and O–H groups in total. The molecule has 2 aliphatic rings. The van der Waals surface area contributed by atoms with Gasteiger partial charge in [0.1, 0.15) is 5.75 Å². The lowest BCUT2D eigenvalue weighted by atomic mass is 9.98. The molecule has 0 aliphatic carbocycles. The molecule has 2 aromatic carbocycles. The number of fused-ring (bicyclic) bond motifs is 1. The zero-order valence-corrected chi connectivity index (χ0v) is 18.0. The maximum atomic E-state index is 13.0. The number of methoxy groups -OCH3 is 1. The number of rotatable bonds is 5. The van der Waals surface area contributed by atoms with Crippen LogP contribution in [0.4, 0.5) is 5.69 Å². The molecule has 1 saturated heterocycles. The first-order valence-corrected chi connectivity index (χ1v) is 11.6. The molecule has 0 bridgehead atoms. The number of sulfonamides is 1. The third kappa shape index (κ3) is 4.28. The van der Waals surface area contributed by atoms with E-state index in [-0.39, 0.29) is 17.0 Å². The van der Waals surface area contributed by atoms with E-state index in [2.05, 4.69) is 5.32 Å². The van der Waals surface area contributed by atoms with Crippen LogP contribution >= 0.6 is 0 Å². The van der Waals surface area contributed by atoms with Crippen molar-refractivity contribution in [2.75, 3.05) is 25.5 Å². The second-order valence-corrected chi connectivity index (χ2v) is 9.51. The number of esters is 1. The van der Waals surface area contributed by atoms with Gasteiger partial charge in [0.15, 0.2) is 6.10 Å². The first-order chi connectivity index (χ1) is 14.9. The lowest BCUT2D eigenvalue weighted by molar-refractivity contribution is -0.125. The van der Waals surface area contributed by atoms with Gasteiger partial charge in [-0.2, -0.15) is 4.31 Å². The Morgan fingerprint density at radius 1 is 1.13 bits per heavy atom. The standard InChI is InChI=1S/C22H24N2O6S/c1-29-19-10-9-16(31(27,28)24-11-5-2-6-12-24)14-18(19)23-21(25)20-13-15-7-3-4-8-17(15)22(26)30-20/h3-4,7-10,14,20H,2,5-6,11-13H2,1H3,(H,23,25). The van der Waals surface area contributed by atoms with Crippen LogP contribution in [0.3, 0.4) is 0 Å². The predicted molar refractivity (Wildman–Crippen MR) is 114 cm³/mol. The number of hydrogen-bond acceptors (Lipinski definition) is 6. The molecule has 8 nitrogen and oxygen atoms in total. The molecule has 0 radical (unpaired) electrons. The highest BCUT2D eigenvalue weighted by Gasteiger charge is 2.32. The van der Waals surface area contributed by atoms with Gasteiger partial charge in [-0.15, -0.1) is 0 Å². The van der Waals surface area contributed by atoms with Gasteiger partial charge in [-0.05, 0) is 42.7 Å². The van der Waals surface area contributed by atoms with Crippen molar-refractivity contribution in [1.82, 2.24) is 4.31 Å². The summed E-state index contributed by atoms with van der Waals surface area (Å²) < 4.78 is 38.1. The first-order valence-electron chi connectivity index (χ1n) is 10.2. The molecule has 9 heteroatoms. The van der Waals surface area contributed by atoms with E-state index in [1.165, 1.54) is 29.6 Å². The van der Waals surface area contributed by atoms with Crippen LogP contribution in [0.2, 0.25) is 0 Å². The summed E-state index contributed by atoms with van der Waals surface area (Å²) in [5.41, 5.74) is 1.38. The van der Waals surface area contributed by atoms with Crippen molar-refractivity contribution in [3.05, 3.63) is 53.6 Å². The Morgan fingerprint density at radius 2 is 1.87 bits per heavy atom. The molecule has 164 valence electrons. The van der Waals surface area contributed by atoms with E-state index in [9.17, 15) is 18.0 Å². The summed E-state index contributed by atoms with van der Waals surface area (Å²) in [7, 11) is -2.25. The first kappa shape index (κ1) is 21.3.